The van der Waals surface area contributed by atoms with Crippen molar-refractivity contribution >= 4 is 11.8 Å². The number of piperidine rings is 1. The number of pyridine rings is 1. The van der Waals surface area contributed by atoms with Gasteiger partial charge in [0.15, 0.2) is 0 Å². The summed E-state index contributed by atoms with van der Waals surface area (Å²) in [5.41, 5.74) is 3.72. The van der Waals surface area contributed by atoms with Gasteiger partial charge in [-0.15, -0.1) is 0 Å². The van der Waals surface area contributed by atoms with E-state index in [4.69, 9.17) is 9.84 Å². The Labute approximate surface area is 217 Å². The standard InChI is InChI=1S/C29H33N5O3/c1-37-25-6-2-4-21(16-25)28(35)32-14-10-24(11-15-32)34-27(20-7-8-20)26(18-31-34)29(36)33-13-9-23(19-33)22-5-3-12-30-17-22/h2-6,12,16-18,20,23-24H,7-11,13-15,19H2,1H3. The van der Waals surface area contributed by atoms with E-state index in [1.54, 1.807) is 25.6 Å². The van der Waals surface area contributed by atoms with Crippen molar-refractivity contribution in [2.45, 2.75) is 50.0 Å². The molecular formula is C29H33N5O3. The molecule has 2 aromatic heterocycles. The molecule has 2 amide bonds. The molecule has 4 heterocycles. The second-order valence-corrected chi connectivity index (χ2v) is 10.4. The van der Waals surface area contributed by atoms with Gasteiger partial charge in [-0.2, -0.15) is 5.10 Å². The Morgan fingerprint density at radius 2 is 1.70 bits per heavy atom. The molecule has 1 aliphatic carbocycles. The first-order chi connectivity index (χ1) is 18.1. The zero-order valence-electron chi connectivity index (χ0n) is 21.3. The van der Waals surface area contributed by atoms with Gasteiger partial charge in [-0.3, -0.25) is 19.3 Å². The van der Waals surface area contributed by atoms with Gasteiger partial charge in [0, 0.05) is 56.0 Å². The van der Waals surface area contributed by atoms with E-state index in [1.165, 1.54) is 5.56 Å². The van der Waals surface area contributed by atoms with Crippen LogP contribution in [0.4, 0.5) is 0 Å². The predicted molar refractivity (Wildman–Crippen MR) is 139 cm³/mol. The van der Waals surface area contributed by atoms with Gasteiger partial charge in [-0.25, -0.2) is 0 Å². The maximum absolute atomic E-state index is 13.6. The quantitative estimate of drug-likeness (QED) is 0.506. The lowest BCUT2D eigenvalue weighted by atomic mass is 10.0. The Morgan fingerprint density at radius 3 is 2.43 bits per heavy atom. The first kappa shape index (κ1) is 23.7. The molecule has 3 aliphatic rings. The van der Waals surface area contributed by atoms with Crippen molar-refractivity contribution in [2.75, 3.05) is 33.3 Å². The van der Waals surface area contributed by atoms with Gasteiger partial charge in [-0.05, 0) is 61.9 Å². The Balaban J connectivity index is 1.14. The molecule has 2 aliphatic heterocycles. The van der Waals surface area contributed by atoms with Crippen molar-refractivity contribution in [1.82, 2.24) is 24.6 Å². The van der Waals surface area contributed by atoms with Crippen LogP contribution in [0.3, 0.4) is 0 Å². The van der Waals surface area contributed by atoms with Crippen molar-refractivity contribution in [2.24, 2.45) is 0 Å². The lowest BCUT2D eigenvalue weighted by Gasteiger charge is -2.33. The summed E-state index contributed by atoms with van der Waals surface area (Å²) in [5.74, 6) is 1.57. The molecule has 8 heteroatoms. The van der Waals surface area contributed by atoms with E-state index < -0.39 is 0 Å². The van der Waals surface area contributed by atoms with Crippen LogP contribution in [0.5, 0.6) is 5.75 Å². The monoisotopic (exact) mass is 499 g/mol. The smallest absolute Gasteiger partial charge is 0.257 e. The van der Waals surface area contributed by atoms with Crippen molar-refractivity contribution in [3.8, 4) is 5.75 Å². The third-order valence-electron chi connectivity index (χ3n) is 8.07. The molecule has 3 aromatic rings. The Morgan fingerprint density at radius 1 is 0.892 bits per heavy atom. The molecule has 0 radical (unpaired) electrons. The zero-order valence-corrected chi connectivity index (χ0v) is 21.3. The molecule has 1 aromatic carbocycles. The van der Waals surface area contributed by atoms with E-state index in [2.05, 4.69) is 15.7 Å². The van der Waals surface area contributed by atoms with Crippen LogP contribution in [0.15, 0.2) is 55.0 Å². The zero-order chi connectivity index (χ0) is 25.4. The molecule has 0 bridgehead atoms. The van der Waals surface area contributed by atoms with Crippen LogP contribution in [0.1, 0.15) is 82.0 Å². The number of hydrogen-bond donors (Lipinski definition) is 0. The summed E-state index contributed by atoms with van der Waals surface area (Å²) in [6.45, 7) is 2.84. The van der Waals surface area contributed by atoms with Gasteiger partial charge in [-0.1, -0.05) is 12.1 Å². The van der Waals surface area contributed by atoms with Crippen LogP contribution in [0.25, 0.3) is 0 Å². The number of carbonyl (C=O) groups excluding carboxylic acids is 2. The normalized spacial score (nSPS) is 20.3. The highest BCUT2D eigenvalue weighted by Crippen LogP contribution is 2.44. The number of hydrogen-bond acceptors (Lipinski definition) is 5. The van der Waals surface area contributed by atoms with E-state index in [9.17, 15) is 9.59 Å². The SMILES string of the molecule is COc1cccc(C(=O)N2CCC(n3ncc(C(=O)N4CCC(c5cccnc5)C4)c3C3CC3)CC2)c1. The van der Waals surface area contributed by atoms with E-state index >= 15 is 0 Å². The maximum atomic E-state index is 13.6. The van der Waals surface area contributed by atoms with Crippen molar-refractivity contribution in [3.05, 3.63) is 77.4 Å². The molecule has 8 nitrogen and oxygen atoms in total. The highest BCUT2D eigenvalue weighted by Gasteiger charge is 2.38. The number of nitrogens with zero attached hydrogens (tertiary/aromatic N) is 5. The minimum Gasteiger partial charge on any atom is -0.497 e. The van der Waals surface area contributed by atoms with E-state index in [0.29, 0.717) is 36.2 Å². The molecular weight excluding hydrogens is 466 g/mol. The summed E-state index contributed by atoms with van der Waals surface area (Å²) in [5, 5.41) is 4.76. The second kappa shape index (κ2) is 10.00. The summed E-state index contributed by atoms with van der Waals surface area (Å²) in [6.07, 6.45) is 10.3. The van der Waals surface area contributed by atoms with Gasteiger partial charge >= 0.3 is 0 Å². The fraction of sp³-hybridized carbons (Fsp3) is 0.448. The fourth-order valence-electron chi connectivity index (χ4n) is 5.85. The van der Waals surface area contributed by atoms with E-state index in [-0.39, 0.29) is 17.9 Å². The third kappa shape index (κ3) is 4.72. The molecule has 0 spiro atoms. The summed E-state index contributed by atoms with van der Waals surface area (Å²) < 4.78 is 7.40. The van der Waals surface area contributed by atoms with E-state index in [0.717, 1.165) is 56.5 Å². The first-order valence-electron chi connectivity index (χ1n) is 13.3. The van der Waals surface area contributed by atoms with Crippen LogP contribution in [-0.2, 0) is 0 Å². The fourth-order valence-corrected chi connectivity index (χ4v) is 5.85. The average Bonchev–Trinajstić information content (AvgIpc) is 3.50. The molecule has 1 unspecified atom stereocenters. The largest absolute Gasteiger partial charge is 0.497 e. The van der Waals surface area contributed by atoms with Crippen LogP contribution in [-0.4, -0.2) is 69.7 Å². The molecule has 1 saturated carbocycles. The topological polar surface area (TPSA) is 80.6 Å². The lowest BCUT2D eigenvalue weighted by molar-refractivity contribution is 0.0688. The number of rotatable bonds is 6. The summed E-state index contributed by atoms with van der Waals surface area (Å²) in [7, 11) is 1.61. The van der Waals surface area contributed by atoms with E-state index in [1.807, 2.05) is 40.3 Å². The van der Waals surface area contributed by atoms with Gasteiger partial charge in [0.2, 0.25) is 0 Å². The van der Waals surface area contributed by atoms with Crippen molar-refractivity contribution < 1.29 is 14.3 Å². The number of ether oxygens (including phenoxy) is 1. The second-order valence-electron chi connectivity index (χ2n) is 10.4. The number of methoxy groups -OCH3 is 1. The number of aromatic nitrogens is 3. The number of likely N-dealkylation sites (tertiary alicyclic amines) is 2. The Kier molecular flexibility index (Phi) is 6.40. The molecule has 6 rings (SSSR count). The number of carbonyl (C=O) groups is 2. The van der Waals surface area contributed by atoms with Crippen LogP contribution in [0.2, 0.25) is 0 Å². The molecule has 2 saturated heterocycles. The maximum Gasteiger partial charge on any atom is 0.257 e. The molecule has 192 valence electrons. The minimum absolute atomic E-state index is 0.0355. The summed E-state index contributed by atoms with van der Waals surface area (Å²) in [4.78, 5) is 34.8. The number of amides is 2. The Bertz CT molecular complexity index is 1280. The summed E-state index contributed by atoms with van der Waals surface area (Å²) >= 11 is 0. The van der Waals surface area contributed by atoms with Crippen LogP contribution >= 0.6 is 0 Å². The van der Waals surface area contributed by atoms with Gasteiger partial charge < -0.3 is 14.5 Å². The highest BCUT2D eigenvalue weighted by molar-refractivity contribution is 5.96. The van der Waals surface area contributed by atoms with Crippen LogP contribution < -0.4 is 4.74 Å². The van der Waals surface area contributed by atoms with Gasteiger partial charge in [0.1, 0.15) is 5.75 Å². The predicted octanol–water partition coefficient (Wildman–Crippen LogP) is 4.27. The Hall–Kier alpha value is -3.68. The van der Waals surface area contributed by atoms with Crippen molar-refractivity contribution in [1.29, 1.82) is 0 Å². The van der Waals surface area contributed by atoms with Crippen LogP contribution in [0, 0.1) is 0 Å². The molecule has 37 heavy (non-hydrogen) atoms. The van der Waals surface area contributed by atoms with Crippen molar-refractivity contribution in [3.63, 3.8) is 0 Å². The molecule has 0 N–H and O–H groups in total. The first-order valence-corrected chi connectivity index (χ1v) is 13.3. The van der Waals surface area contributed by atoms with Gasteiger partial charge in [0.25, 0.3) is 11.8 Å². The average molecular weight is 500 g/mol. The number of benzene rings is 1. The van der Waals surface area contributed by atoms with Gasteiger partial charge in [0.05, 0.1) is 30.6 Å². The lowest BCUT2D eigenvalue weighted by Crippen LogP contribution is -2.39. The summed E-state index contributed by atoms with van der Waals surface area (Å²) in [6, 6.07) is 11.6. The highest BCUT2D eigenvalue weighted by atomic mass is 16.5. The third-order valence-corrected chi connectivity index (χ3v) is 8.07. The minimum atomic E-state index is 0.0355. The molecule has 1 atom stereocenters. The molecule has 3 fully saturated rings.